The van der Waals surface area contributed by atoms with E-state index in [0.717, 1.165) is 43.9 Å². The Balaban J connectivity index is 0.00000196. The lowest BCUT2D eigenvalue weighted by atomic mass is 10.1. The molecular weight excluding hydrogens is 352 g/mol. The van der Waals surface area contributed by atoms with Crippen molar-refractivity contribution in [1.82, 2.24) is 20.4 Å². The van der Waals surface area contributed by atoms with Gasteiger partial charge < -0.3 is 14.6 Å². The van der Waals surface area contributed by atoms with Crippen molar-refractivity contribution in [2.24, 2.45) is 0 Å². The summed E-state index contributed by atoms with van der Waals surface area (Å²) in [7, 11) is 2.10. The van der Waals surface area contributed by atoms with E-state index in [4.69, 9.17) is 14.2 Å². The van der Waals surface area contributed by atoms with Gasteiger partial charge in [0.2, 0.25) is 0 Å². The van der Waals surface area contributed by atoms with Crippen molar-refractivity contribution in [2.75, 3.05) is 26.7 Å². The van der Waals surface area contributed by atoms with E-state index in [9.17, 15) is 0 Å². The molecule has 7 heteroatoms. The first-order valence-corrected chi connectivity index (χ1v) is 9.26. The third-order valence-electron chi connectivity index (χ3n) is 5.22. The van der Waals surface area contributed by atoms with E-state index in [0.29, 0.717) is 5.89 Å². The molecule has 0 bridgehead atoms. The number of nitrogens with one attached hydrogen (secondary N) is 1. The monoisotopic (exact) mass is 378 g/mol. The highest BCUT2D eigenvalue weighted by Crippen LogP contribution is 2.32. The number of hydrogen-bond donors (Lipinski definition) is 1. The minimum Gasteiger partial charge on any atom is -0.360 e. The van der Waals surface area contributed by atoms with Crippen molar-refractivity contribution in [3.63, 3.8) is 0 Å². The van der Waals surface area contributed by atoms with Gasteiger partial charge in [-0.05, 0) is 25.5 Å². The first kappa shape index (κ1) is 19.3. The fraction of sp³-hybridized carbons (Fsp3) is 0.579. The predicted molar refractivity (Wildman–Crippen MR) is 101 cm³/mol. The molecule has 1 saturated carbocycles. The van der Waals surface area contributed by atoms with Gasteiger partial charge in [0.25, 0.3) is 5.89 Å². The van der Waals surface area contributed by atoms with Crippen LogP contribution in [0.25, 0.3) is 0 Å². The molecule has 2 heterocycles. The van der Waals surface area contributed by atoms with E-state index in [-0.39, 0.29) is 30.7 Å². The average Bonchev–Trinajstić information content (AvgIpc) is 3.33. The Morgan fingerprint density at radius 3 is 2.73 bits per heavy atom. The van der Waals surface area contributed by atoms with Gasteiger partial charge in [0.15, 0.2) is 11.9 Å². The zero-order valence-corrected chi connectivity index (χ0v) is 16.0. The first-order valence-electron chi connectivity index (χ1n) is 9.26. The average molecular weight is 379 g/mol. The lowest BCUT2D eigenvalue weighted by molar-refractivity contribution is -0.00315. The van der Waals surface area contributed by atoms with E-state index < -0.39 is 0 Å². The van der Waals surface area contributed by atoms with Crippen LogP contribution in [0.2, 0.25) is 0 Å². The smallest absolute Gasteiger partial charge is 0.260 e. The van der Waals surface area contributed by atoms with Crippen LogP contribution in [0.3, 0.4) is 0 Å². The minimum absolute atomic E-state index is 0. The van der Waals surface area contributed by atoms with Gasteiger partial charge in [-0.25, -0.2) is 0 Å². The highest BCUT2D eigenvalue weighted by atomic mass is 35.5. The van der Waals surface area contributed by atoms with Crippen LogP contribution in [0, 0.1) is 0 Å². The van der Waals surface area contributed by atoms with Crippen molar-refractivity contribution < 1.29 is 9.26 Å². The Kier molecular flexibility index (Phi) is 6.64. The standard InChI is InChI=1S/C19H26N4O2.ClH/c1-23-12-11-20-13-16(23)18-21-19(25-22-18)17(14-7-3-2-4-8-14)24-15-9-5-6-10-15;/h2-4,7-8,15-17,20H,5-6,9-13H2,1H3;1H. The number of halogens is 1. The normalized spacial score (nSPS) is 22.9. The molecule has 2 unspecified atom stereocenters. The second-order valence-electron chi connectivity index (χ2n) is 7.02. The summed E-state index contributed by atoms with van der Waals surface area (Å²) in [6.07, 6.45) is 4.69. The molecule has 2 fully saturated rings. The largest absolute Gasteiger partial charge is 0.360 e. The second-order valence-corrected chi connectivity index (χ2v) is 7.02. The van der Waals surface area contributed by atoms with Crippen molar-refractivity contribution in [3.05, 3.63) is 47.6 Å². The third-order valence-corrected chi connectivity index (χ3v) is 5.22. The van der Waals surface area contributed by atoms with Gasteiger partial charge in [-0.1, -0.05) is 48.3 Å². The number of nitrogens with zero attached hydrogens (tertiary/aromatic N) is 3. The second kappa shape index (κ2) is 8.95. The molecule has 26 heavy (non-hydrogen) atoms. The maximum Gasteiger partial charge on any atom is 0.260 e. The molecule has 1 saturated heterocycles. The van der Waals surface area contributed by atoms with Gasteiger partial charge >= 0.3 is 0 Å². The number of likely N-dealkylation sites (N-methyl/N-ethyl adjacent to an activating group) is 1. The van der Waals surface area contributed by atoms with Gasteiger partial charge in [0, 0.05) is 19.6 Å². The van der Waals surface area contributed by atoms with Crippen LogP contribution in [0.5, 0.6) is 0 Å². The predicted octanol–water partition coefficient (Wildman–Crippen LogP) is 3.12. The van der Waals surface area contributed by atoms with Crippen molar-refractivity contribution >= 4 is 12.4 Å². The molecule has 1 aliphatic carbocycles. The molecule has 2 aliphatic rings. The van der Waals surface area contributed by atoms with E-state index in [1.54, 1.807) is 0 Å². The van der Waals surface area contributed by atoms with E-state index >= 15 is 0 Å². The van der Waals surface area contributed by atoms with E-state index in [1.807, 2.05) is 18.2 Å². The van der Waals surface area contributed by atoms with E-state index in [1.165, 1.54) is 12.8 Å². The van der Waals surface area contributed by atoms with Crippen LogP contribution in [0.1, 0.15) is 55.1 Å². The summed E-state index contributed by atoms with van der Waals surface area (Å²) in [6, 6.07) is 10.3. The van der Waals surface area contributed by atoms with Crippen LogP contribution in [0.15, 0.2) is 34.9 Å². The van der Waals surface area contributed by atoms with Gasteiger partial charge in [0.05, 0.1) is 12.1 Å². The van der Waals surface area contributed by atoms with Crippen LogP contribution in [-0.4, -0.2) is 47.8 Å². The van der Waals surface area contributed by atoms with Gasteiger partial charge in [0.1, 0.15) is 0 Å². The summed E-state index contributed by atoms with van der Waals surface area (Å²) >= 11 is 0. The number of piperazine rings is 1. The topological polar surface area (TPSA) is 63.4 Å². The van der Waals surface area contributed by atoms with Crippen LogP contribution < -0.4 is 5.32 Å². The number of ether oxygens (including phenoxy) is 1. The lowest BCUT2D eigenvalue weighted by Crippen LogP contribution is -2.44. The number of aromatic nitrogens is 2. The Hall–Kier alpha value is -1.47. The molecule has 1 aliphatic heterocycles. The number of hydrogen-bond acceptors (Lipinski definition) is 6. The molecule has 4 rings (SSSR count). The summed E-state index contributed by atoms with van der Waals surface area (Å²) in [5, 5.41) is 7.66. The van der Waals surface area contributed by atoms with Gasteiger partial charge in [-0.3, -0.25) is 4.90 Å². The number of benzene rings is 1. The maximum atomic E-state index is 6.39. The highest BCUT2D eigenvalue weighted by Gasteiger charge is 2.30. The van der Waals surface area contributed by atoms with Crippen molar-refractivity contribution in [2.45, 2.75) is 43.9 Å². The fourth-order valence-electron chi connectivity index (χ4n) is 3.71. The molecule has 2 atom stereocenters. The summed E-state index contributed by atoms with van der Waals surface area (Å²) in [6.45, 7) is 2.82. The summed E-state index contributed by atoms with van der Waals surface area (Å²) in [4.78, 5) is 6.98. The van der Waals surface area contributed by atoms with E-state index in [2.05, 4.69) is 34.6 Å². The van der Waals surface area contributed by atoms with Crippen LogP contribution >= 0.6 is 12.4 Å². The molecule has 0 radical (unpaired) electrons. The zero-order valence-electron chi connectivity index (χ0n) is 15.1. The molecule has 1 N–H and O–H groups in total. The summed E-state index contributed by atoms with van der Waals surface area (Å²) in [5.41, 5.74) is 1.07. The highest BCUT2D eigenvalue weighted by molar-refractivity contribution is 5.85. The molecule has 2 aromatic rings. The first-order chi connectivity index (χ1) is 12.3. The Bertz CT molecular complexity index is 675. The van der Waals surface area contributed by atoms with Gasteiger partial charge in [-0.15, -0.1) is 12.4 Å². The molecule has 1 aromatic carbocycles. The zero-order chi connectivity index (χ0) is 17.1. The minimum atomic E-state index is -0.285. The molecule has 6 nitrogen and oxygen atoms in total. The lowest BCUT2D eigenvalue weighted by Gasteiger charge is -2.30. The Labute approximate surface area is 160 Å². The van der Waals surface area contributed by atoms with Crippen molar-refractivity contribution in [3.8, 4) is 0 Å². The summed E-state index contributed by atoms with van der Waals surface area (Å²) in [5.74, 6) is 1.30. The SMILES string of the molecule is CN1CCNCC1c1noc(C(OC2CCCC2)c2ccccc2)n1.Cl. The maximum absolute atomic E-state index is 6.39. The van der Waals surface area contributed by atoms with Crippen LogP contribution in [-0.2, 0) is 4.74 Å². The quantitative estimate of drug-likeness (QED) is 0.862. The third kappa shape index (κ3) is 4.26. The molecular formula is C19H27ClN4O2. The number of rotatable bonds is 5. The molecule has 142 valence electrons. The molecule has 1 aromatic heterocycles. The summed E-state index contributed by atoms with van der Waals surface area (Å²) < 4.78 is 12.0. The molecule has 0 amide bonds. The van der Waals surface area contributed by atoms with Gasteiger partial charge in [-0.2, -0.15) is 4.98 Å². The Morgan fingerprint density at radius 2 is 2.00 bits per heavy atom. The Morgan fingerprint density at radius 1 is 1.23 bits per heavy atom. The fourth-order valence-corrected chi connectivity index (χ4v) is 3.71. The van der Waals surface area contributed by atoms with Crippen molar-refractivity contribution in [1.29, 1.82) is 0 Å². The molecule has 0 spiro atoms. The van der Waals surface area contributed by atoms with Crippen LogP contribution in [0.4, 0.5) is 0 Å².